The topological polar surface area (TPSA) is 76.3 Å². The third-order valence-electron chi connectivity index (χ3n) is 2.99. The molecule has 19 heavy (non-hydrogen) atoms. The lowest BCUT2D eigenvalue weighted by molar-refractivity contribution is 0.436. The van der Waals surface area contributed by atoms with Crippen LogP contribution in [0, 0.1) is 0 Å². The fourth-order valence-corrected chi connectivity index (χ4v) is 3.73. The van der Waals surface area contributed by atoms with E-state index in [1.165, 1.54) is 4.31 Å². The van der Waals surface area contributed by atoms with E-state index in [4.69, 9.17) is 5.73 Å². The first-order chi connectivity index (χ1) is 9.11. The van der Waals surface area contributed by atoms with E-state index in [0.29, 0.717) is 29.9 Å². The Balaban J connectivity index is 2.60. The van der Waals surface area contributed by atoms with Crippen molar-refractivity contribution in [1.82, 2.24) is 9.29 Å². The Kier molecular flexibility index (Phi) is 4.14. The smallest absolute Gasteiger partial charge is 0.243 e. The molecule has 0 amide bonds. The van der Waals surface area contributed by atoms with Gasteiger partial charge in [0, 0.05) is 42.8 Å². The van der Waals surface area contributed by atoms with Crippen LogP contribution in [-0.4, -0.2) is 37.3 Å². The summed E-state index contributed by atoms with van der Waals surface area (Å²) in [6.07, 6.45) is 3.26. The first kappa shape index (κ1) is 13.9. The molecule has 0 saturated carbocycles. The zero-order chi connectivity index (χ0) is 13.9. The van der Waals surface area contributed by atoms with Crippen LogP contribution >= 0.6 is 0 Å². The number of hydrogen-bond acceptors (Lipinski definition) is 4. The molecule has 1 heterocycles. The van der Waals surface area contributed by atoms with Gasteiger partial charge in [0.1, 0.15) is 0 Å². The van der Waals surface area contributed by atoms with Crippen LogP contribution in [-0.2, 0) is 10.0 Å². The Morgan fingerprint density at radius 3 is 2.79 bits per heavy atom. The monoisotopic (exact) mass is 279 g/mol. The van der Waals surface area contributed by atoms with Crippen molar-refractivity contribution in [3.05, 3.63) is 36.7 Å². The minimum atomic E-state index is -3.51. The summed E-state index contributed by atoms with van der Waals surface area (Å²) < 4.78 is 26.6. The van der Waals surface area contributed by atoms with Crippen molar-refractivity contribution in [2.24, 2.45) is 5.73 Å². The maximum absolute atomic E-state index is 12.6. The molecule has 102 valence electrons. The van der Waals surface area contributed by atoms with Gasteiger partial charge in [0.15, 0.2) is 0 Å². The normalized spacial score (nSPS) is 12.2. The van der Waals surface area contributed by atoms with Gasteiger partial charge in [-0.1, -0.05) is 19.1 Å². The van der Waals surface area contributed by atoms with Gasteiger partial charge in [-0.05, 0) is 12.1 Å². The van der Waals surface area contributed by atoms with E-state index in [9.17, 15) is 8.42 Å². The molecule has 2 aromatic rings. The van der Waals surface area contributed by atoms with Crippen LogP contribution in [0.1, 0.15) is 6.92 Å². The Bertz CT molecular complexity index is 665. The molecule has 1 aromatic heterocycles. The highest BCUT2D eigenvalue weighted by Gasteiger charge is 2.24. The Labute approximate surface area is 113 Å². The molecular weight excluding hydrogens is 262 g/mol. The summed E-state index contributed by atoms with van der Waals surface area (Å²) in [7, 11) is -3.51. The maximum Gasteiger partial charge on any atom is 0.243 e. The number of nitrogens with two attached hydrogens (primary N) is 1. The molecule has 0 bridgehead atoms. The fourth-order valence-electron chi connectivity index (χ4n) is 2.05. The number of benzene rings is 1. The SMILES string of the molecule is CCN(CCN)S(=O)(=O)c1cccc2cnccc12. The third kappa shape index (κ3) is 2.60. The molecule has 0 fully saturated rings. The largest absolute Gasteiger partial charge is 0.329 e. The molecule has 0 unspecified atom stereocenters. The minimum Gasteiger partial charge on any atom is -0.329 e. The minimum absolute atomic E-state index is 0.305. The lowest BCUT2D eigenvalue weighted by atomic mass is 10.2. The first-order valence-corrected chi connectivity index (χ1v) is 7.58. The van der Waals surface area contributed by atoms with E-state index < -0.39 is 10.0 Å². The molecule has 2 rings (SSSR count). The molecule has 0 aliphatic heterocycles. The zero-order valence-corrected chi connectivity index (χ0v) is 11.6. The first-order valence-electron chi connectivity index (χ1n) is 6.14. The quantitative estimate of drug-likeness (QED) is 0.892. The molecule has 0 atom stereocenters. The van der Waals surface area contributed by atoms with Gasteiger partial charge < -0.3 is 5.73 Å². The highest BCUT2D eigenvalue weighted by atomic mass is 32.2. The fraction of sp³-hybridized carbons (Fsp3) is 0.308. The van der Waals surface area contributed by atoms with Gasteiger partial charge in [-0.3, -0.25) is 4.98 Å². The molecule has 5 nitrogen and oxygen atoms in total. The van der Waals surface area contributed by atoms with Gasteiger partial charge in [-0.2, -0.15) is 4.31 Å². The molecule has 0 spiro atoms. The van der Waals surface area contributed by atoms with Gasteiger partial charge >= 0.3 is 0 Å². The van der Waals surface area contributed by atoms with E-state index in [-0.39, 0.29) is 0 Å². The maximum atomic E-state index is 12.6. The number of aromatic nitrogens is 1. The van der Waals surface area contributed by atoms with Crippen LogP contribution in [0.2, 0.25) is 0 Å². The molecule has 0 aliphatic carbocycles. The van der Waals surface area contributed by atoms with E-state index in [1.807, 2.05) is 6.07 Å². The van der Waals surface area contributed by atoms with Crippen LogP contribution in [0.4, 0.5) is 0 Å². The van der Waals surface area contributed by atoms with Gasteiger partial charge in [-0.25, -0.2) is 8.42 Å². The number of pyridine rings is 1. The van der Waals surface area contributed by atoms with Crippen molar-refractivity contribution in [3.8, 4) is 0 Å². The number of hydrogen-bond donors (Lipinski definition) is 1. The number of likely N-dealkylation sites (N-methyl/N-ethyl adjacent to an activating group) is 1. The third-order valence-corrected chi connectivity index (χ3v) is 5.02. The lowest BCUT2D eigenvalue weighted by Crippen LogP contribution is -2.35. The summed E-state index contributed by atoms with van der Waals surface area (Å²) in [5, 5.41) is 1.50. The summed E-state index contributed by atoms with van der Waals surface area (Å²) in [5.41, 5.74) is 5.48. The highest BCUT2D eigenvalue weighted by molar-refractivity contribution is 7.89. The summed E-state index contributed by atoms with van der Waals surface area (Å²) in [5.74, 6) is 0. The van der Waals surface area contributed by atoms with E-state index >= 15 is 0 Å². The van der Waals surface area contributed by atoms with Crippen LogP contribution < -0.4 is 5.73 Å². The highest BCUT2D eigenvalue weighted by Crippen LogP contribution is 2.24. The Hall–Kier alpha value is -1.50. The predicted molar refractivity (Wildman–Crippen MR) is 75.2 cm³/mol. The molecule has 0 saturated heterocycles. The Morgan fingerprint density at radius 2 is 2.11 bits per heavy atom. The van der Waals surface area contributed by atoms with E-state index in [0.717, 1.165) is 5.39 Å². The van der Waals surface area contributed by atoms with Crippen LogP contribution in [0.3, 0.4) is 0 Å². The van der Waals surface area contributed by atoms with Crippen molar-refractivity contribution >= 4 is 20.8 Å². The van der Waals surface area contributed by atoms with Crippen molar-refractivity contribution in [3.63, 3.8) is 0 Å². The average Bonchev–Trinajstić information content (AvgIpc) is 2.43. The number of nitrogens with zero attached hydrogens (tertiary/aromatic N) is 2. The van der Waals surface area contributed by atoms with Gasteiger partial charge in [0.25, 0.3) is 0 Å². The van der Waals surface area contributed by atoms with Crippen molar-refractivity contribution in [2.45, 2.75) is 11.8 Å². The zero-order valence-electron chi connectivity index (χ0n) is 10.8. The molecular formula is C13H17N3O2S. The molecule has 0 aliphatic rings. The summed E-state index contributed by atoms with van der Waals surface area (Å²) >= 11 is 0. The van der Waals surface area contributed by atoms with Crippen molar-refractivity contribution < 1.29 is 8.42 Å². The summed E-state index contributed by atoms with van der Waals surface area (Å²) in [4.78, 5) is 4.32. The predicted octanol–water partition coefficient (Wildman–Crippen LogP) is 1.20. The second kappa shape index (κ2) is 5.64. The van der Waals surface area contributed by atoms with Crippen molar-refractivity contribution in [2.75, 3.05) is 19.6 Å². The van der Waals surface area contributed by atoms with Gasteiger partial charge in [-0.15, -0.1) is 0 Å². The standard InChI is InChI=1S/C13H17N3O2S/c1-2-16(9-7-14)19(17,18)13-5-3-4-11-10-15-8-6-12(11)13/h3-6,8,10H,2,7,9,14H2,1H3. The van der Waals surface area contributed by atoms with Crippen LogP contribution in [0.25, 0.3) is 10.8 Å². The second-order valence-corrected chi connectivity index (χ2v) is 6.04. The molecule has 6 heteroatoms. The van der Waals surface area contributed by atoms with E-state index in [1.54, 1.807) is 37.5 Å². The lowest BCUT2D eigenvalue weighted by Gasteiger charge is -2.20. The van der Waals surface area contributed by atoms with Gasteiger partial charge in [0.2, 0.25) is 10.0 Å². The summed E-state index contributed by atoms with van der Waals surface area (Å²) in [6.45, 7) is 2.83. The van der Waals surface area contributed by atoms with Crippen LogP contribution in [0.5, 0.6) is 0 Å². The van der Waals surface area contributed by atoms with Gasteiger partial charge in [0.05, 0.1) is 4.90 Å². The van der Waals surface area contributed by atoms with Crippen LogP contribution in [0.15, 0.2) is 41.6 Å². The summed E-state index contributed by atoms with van der Waals surface area (Å²) in [6, 6.07) is 6.92. The molecule has 0 radical (unpaired) electrons. The second-order valence-electron chi connectivity index (χ2n) is 4.14. The number of fused-ring (bicyclic) bond motifs is 1. The molecule has 2 N–H and O–H groups in total. The Morgan fingerprint density at radius 1 is 1.32 bits per heavy atom. The number of sulfonamides is 1. The van der Waals surface area contributed by atoms with Crippen molar-refractivity contribution in [1.29, 1.82) is 0 Å². The number of rotatable bonds is 5. The molecule has 1 aromatic carbocycles. The van der Waals surface area contributed by atoms with E-state index in [2.05, 4.69) is 4.98 Å². The average molecular weight is 279 g/mol.